The number of aromatic amines is 1. The van der Waals surface area contributed by atoms with Crippen molar-refractivity contribution < 1.29 is 19.2 Å². The Balaban J connectivity index is 1.43. The monoisotopic (exact) mass is 611 g/mol. The molecule has 1 fully saturated rings. The third-order valence-electron chi connectivity index (χ3n) is 9.73. The summed E-state index contributed by atoms with van der Waals surface area (Å²) in [4.78, 5) is 62.3. The van der Waals surface area contributed by atoms with Crippen LogP contribution in [0.25, 0.3) is 10.9 Å². The summed E-state index contributed by atoms with van der Waals surface area (Å²) in [6.07, 6.45) is 8.12. The average molecular weight is 612 g/mol. The second kappa shape index (κ2) is 13.7. The Morgan fingerprint density at radius 1 is 0.933 bits per heavy atom. The van der Waals surface area contributed by atoms with E-state index in [1.807, 2.05) is 83.3 Å². The van der Waals surface area contributed by atoms with E-state index in [0.717, 1.165) is 53.5 Å². The maximum Gasteiger partial charge on any atom is 0.232 e. The fourth-order valence-corrected chi connectivity index (χ4v) is 7.07. The first-order valence-corrected chi connectivity index (χ1v) is 16.7. The van der Waals surface area contributed by atoms with Crippen LogP contribution in [0.4, 0.5) is 11.4 Å². The molecule has 45 heavy (non-hydrogen) atoms. The Kier molecular flexibility index (Phi) is 9.95. The molecule has 0 bridgehead atoms. The number of hydrogen-bond acceptors (Lipinski definition) is 5. The van der Waals surface area contributed by atoms with E-state index in [1.54, 1.807) is 4.90 Å². The number of carbonyl (C=O) groups excluding carboxylic acids is 4. The number of anilines is 2. The molecule has 1 saturated carbocycles. The fraction of sp³-hybridized carbons (Fsp3) is 0.526. The number of fused-ring (bicyclic) bond motifs is 2. The first-order valence-electron chi connectivity index (χ1n) is 16.7. The molecule has 1 aromatic heterocycles. The number of rotatable bonds is 11. The number of hydrogen-bond donors (Lipinski definition) is 1. The van der Waals surface area contributed by atoms with Gasteiger partial charge in [-0.1, -0.05) is 84.2 Å². The zero-order chi connectivity index (χ0) is 32.3. The van der Waals surface area contributed by atoms with E-state index < -0.39 is 17.3 Å². The van der Waals surface area contributed by atoms with E-state index in [4.69, 9.17) is 0 Å². The summed E-state index contributed by atoms with van der Waals surface area (Å²) in [5, 5.41) is 1.06. The maximum absolute atomic E-state index is 14.4. The molecule has 5 rings (SSSR count). The summed E-state index contributed by atoms with van der Waals surface area (Å²) in [5.41, 5.74) is 3.12. The van der Waals surface area contributed by atoms with Gasteiger partial charge in [-0.25, -0.2) is 0 Å². The third kappa shape index (κ3) is 7.40. The van der Waals surface area contributed by atoms with Gasteiger partial charge in [-0.2, -0.15) is 0 Å². The van der Waals surface area contributed by atoms with Crippen LogP contribution in [-0.4, -0.2) is 47.4 Å². The molecule has 1 N–H and O–H groups in total. The minimum absolute atomic E-state index is 0.0248. The zero-order valence-corrected chi connectivity index (χ0v) is 27.6. The number of nitrogens with one attached hydrogen (secondary N) is 1. The van der Waals surface area contributed by atoms with Crippen molar-refractivity contribution in [3.8, 4) is 0 Å². The van der Waals surface area contributed by atoms with E-state index in [-0.39, 0.29) is 54.6 Å². The van der Waals surface area contributed by atoms with Crippen LogP contribution in [0, 0.1) is 23.2 Å². The van der Waals surface area contributed by atoms with Gasteiger partial charge in [0.05, 0.1) is 23.8 Å². The largest absolute Gasteiger partial charge is 0.366 e. The Hall–Kier alpha value is -3.74. The van der Waals surface area contributed by atoms with Gasteiger partial charge in [-0.05, 0) is 43.0 Å². The molecule has 240 valence electrons. The van der Waals surface area contributed by atoms with E-state index in [9.17, 15) is 19.2 Å². The Morgan fingerprint density at radius 2 is 1.60 bits per heavy atom. The lowest BCUT2D eigenvalue weighted by atomic mass is 9.84. The van der Waals surface area contributed by atoms with Crippen molar-refractivity contribution in [3.05, 3.63) is 60.3 Å². The smallest absolute Gasteiger partial charge is 0.232 e. The van der Waals surface area contributed by atoms with E-state index in [0.29, 0.717) is 13.0 Å². The lowest BCUT2D eigenvalue weighted by Crippen LogP contribution is -2.45. The Morgan fingerprint density at radius 3 is 2.29 bits per heavy atom. The lowest BCUT2D eigenvalue weighted by molar-refractivity contribution is -0.132. The highest BCUT2D eigenvalue weighted by atomic mass is 16.2. The molecule has 0 saturated heterocycles. The third-order valence-corrected chi connectivity index (χ3v) is 9.73. The van der Waals surface area contributed by atoms with Gasteiger partial charge in [0.15, 0.2) is 5.78 Å². The van der Waals surface area contributed by atoms with Crippen LogP contribution < -0.4 is 9.80 Å². The molecule has 2 aromatic carbocycles. The molecule has 1 aliphatic carbocycles. The first-order chi connectivity index (χ1) is 21.4. The van der Waals surface area contributed by atoms with Gasteiger partial charge in [-0.15, -0.1) is 0 Å². The average Bonchev–Trinajstić information content (AvgIpc) is 3.38. The molecular weight excluding hydrogens is 562 g/mol. The van der Waals surface area contributed by atoms with Crippen molar-refractivity contribution in [1.29, 1.82) is 0 Å². The van der Waals surface area contributed by atoms with Crippen molar-refractivity contribution >= 4 is 45.5 Å². The van der Waals surface area contributed by atoms with Gasteiger partial charge in [0.1, 0.15) is 11.6 Å². The van der Waals surface area contributed by atoms with Crippen LogP contribution in [-0.2, 0) is 25.6 Å². The molecular formula is C38H49N3O4. The van der Waals surface area contributed by atoms with Crippen LogP contribution in [0.2, 0.25) is 0 Å². The van der Waals surface area contributed by atoms with Crippen molar-refractivity contribution in [1.82, 2.24) is 4.98 Å². The second-order valence-corrected chi connectivity index (χ2v) is 14.5. The molecule has 0 spiro atoms. The normalized spacial score (nSPS) is 18.6. The number of benzene rings is 2. The SMILES string of the molecule is CC(C)C(=O)C(CC(=O)C[C@@H]1CN(C2CCCCC2)c2ccccc2N(CC(=O)C(C)(C)C)C1=O)Cc1c[nH]c2ccccc12. The number of para-hydroxylation sites is 3. The maximum atomic E-state index is 14.4. The quantitative estimate of drug-likeness (QED) is 0.245. The summed E-state index contributed by atoms with van der Waals surface area (Å²) in [5.74, 6) is -1.51. The number of H-pyrrole nitrogens is 1. The van der Waals surface area contributed by atoms with Gasteiger partial charge in [0, 0.05) is 59.8 Å². The predicted molar refractivity (Wildman–Crippen MR) is 181 cm³/mol. The molecule has 1 amide bonds. The van der Waals surface area contributed by atoms with Crippen LogP contribution in [0.5, 0.6) is 0 Å². The second-order valence-electron chi connectivity index (χ2n) is 14.5. The lowest BCUT2D eigenvalue weighted by Gasteiger charge is -2.37. The molecule has 7 nitrogen and oxygen atoms in total. The summed E-state index contributed by atoms with van der Waals surface area (Å²) < 4.78 is 0. The number of nitrogens with zero attached hydrogens (tertiary/aromatic N) is 2. The minimum atomic E-state index is -0.609. The van der Waals surface area contributed by atoms with E-state index in [1.165, 1.54) is 6.42 Å². The van der Waals surface area contributed by atoms with Gasteiger partial charge < -0.3 is 14.8 Å². The number of carbonyl (C=O) groups is 4. The van der Waals surface area contributed by atoms with Gasteiger partial charge in [0.2, 0.25) is 5.91 Å². The van der Waals surface area contributed by atoms with Gasteiger partial charge in [-0.3, -0.25) is 19.2 Å². The highest BCUT2D eigenvalue weighted by Crippen LogP contribution is 2.39. The number of amides is 1. The molecule has 2 aliphatic rings. The summed E-state index contributed by atoms with van der Waals surface area (Å²) in [6.45, 7) is 9.78. The molecule has 1 unspecified atom stereocenters. The Bertz CT molecular complexity index is 1540. The predicted octanol–water partition coefficient (Wildman–Crippen LogP) is 7.32. The number of ketones is 3. The standard InChI is InChI=1S/C38H49N3O4/c1-25(2)36(44)26(19-27-22-39-32-16-10-9-15-31(27)32)20-30(42)21-28-23-40(29-13-7-6-8-14-29)33-17-11-12-18-34(33)41(37(28)45)24-35(43)38(3,4)5/h9-12,15-18,22,25-26,28-29,39H,6-8,13-14,19-21,23-24H2,1-5H3/t26?,28-/m1/s1. The highest BCUT2D eigenvalue weighted by molar-refractivity contribution is 6.06. The van der Waals surface area contributed by atoms with Gasteiger partial charge >= 0.3 is 0 Å². The molecule has 1 aliphatic heterocycles. The van der Waals surface area contributed by atoms with Crippen LogP contribution in [0.3, 0.4) is 0 Å². The van der Waals surface area contributed by atoms with Crippen LogP contribution >= 0.6 is 0 Å². The fourth-order valence-electron chi connectivity index (χ4n) is 7.07. The molecule has 0 radical (unpaired) electrons. The summed E-state index contributed by atoms with van der Waals surface area (Å²) in [6, 6.07) is 16.2. The molecule has 3 aromatic rings. The van der Waals surface area contributed by atoms with E-state index >= 15 is 0 Å². The van der Waals surface area contributed by atoms with Crippen molar-refractivity contribution in [2.75, 3.05) is 22.9 Å². The number of Topliss-reactive ketones (excluding diaryl/α,β-unsaturated/α-hetero) is 3. The van der Waals surface area contributed by atoms with Crippen LogP contribution in [0.1, 0.15) is 85.1 Å². The topological polar surface area (TPSA) is 90.6 Å². The first kappa shape index (κ1) is 32.6. The summed E-state index contributed by atoms with van der Waals surface area (Å²) >= 11 is 0. The molecule has 2 atom stereocenters. The minimum Gasteiger partial charge on any atom is -0.366 e. The number of aromatic nitrogens is 1. The van der Waals surface area contributed by atoms with Gasteiger partial charge in [0.25, 0.3) is 0 Å². The van der Waals surface area contributed by atoms with Crippen LogP contribution in [0.15, 0.2) is 54.7 Å². The molecule has 7 heteroatoms. The van der Waals surface area contributed by atoms with E-state index in [2.05, 4.69) is 16.0 Å². The highest BCUT2D eigenvalue weighted by Gasteiger charge is 2.39. The van der Waals surface area contributed by atoms with Crippen molar-refractivity contribution in [3.63, 3.8) is 0 Å². The zero-order valence-electron chi connectivity index (χ0n) is 27.6. The Labute approximate surface area is 267 Å². The van der Waals surface area contributed by atoms with Crippen molar-refractivity contribution in [2.45, 2.75) is 92.0 Å². The summed E-state index contributed by atoms with van der Waals surface area (Å²) in [7, 11) is 0. The van der Waals surface area contributed by atoms with Crippen molar-refractivity contribution in [2.24, 2.45) is 23.2 Å². The molecule has 2 heterocycles.